The Morgan fingerprint density at radius 3 is 3.00 bits per heavy atom. The van der Waals surface area contributed by atoms with E-state index in [1.54, 1.807) is 17.3 Å². The number of rotatable bonds is 2. The SMILES string of the molecule is Cc1ccncc1CN1CC(C)C(=O)NC1=O. The molecule has 1 aromatic heterocycles. The van der Waals surface area contributed by atoms with Gasteiger partial charge in [0.15, 0.2) is 0 Å². The van der Waals surface area contributed by atoms with Crippen LogP contribution in [-0.2, 0) is 11.3 Å². The summed E-state index contributed by atoms with van der Waals surface area (Å²) in [6.45, 7) is 4.74. The van der Waals surface area contributed by atoms with Crippen molar-refractivity contribution in [2.24, 2.45) is 5.92 Å². The molecule has 1 aliphatic heterocycles. The minimum Gasteiger partial charge on any atom is -0.319 e. The van der Waals surface area contributed by atoms with Crippen molar-refractivity contribution in [3.63, 3.8) is 0 Å². The molecule has 0 aromatic carbocycles. The standard InChI is InChI=1S/C12H15N3O2/c1-8-3-4-13-5-10(8)7-15-6-9(2)11(16)14-12(15)17/h3-5,9H,6-7H2,1-2H3,(H,14,16,17). The fraction of sp³-hybridized carbons (Fsp3) is 0.417. The van der Waals surface area contributed by atoms with Crippen LogP contribution in [0.15, 0.2) is 18.5 Å². The highest BCUT2D eigenvalue weighted by Gasteiger charge is 2.29. The number of carbonyl (C=O) groups is 2. The largest absolute Gasteiger partial charge is 0.324 e. The van der Waals surface area contributed by atoms with E-state index in [1.807, 2.05) is 19.9 Å². The van der Waals surface area contributed by atoms with Crippen molar-refractivity contribution in [3.8, 4) is 0 Å². The molecule has 1 aromatic rings. The molecule has 2 rings (SSSR count). The summed E-state index contributed by atoms with van der Waals surface area (Å²) in [5.41, 5.74) is 2.10. The molecule has 17 heavy (non-hydrogen) atoms. The summed E-state index contributed by atoms with van der Waals surface area (Å²) in [6.07, 6.45) is 3.48. The van der Waals surface area contributed by atoms with Gasteiger partial charge in [0.05, 0.1) is 5.92 Å². The number of nitrogens with zero attached hydrogens (tertiary/aromatic N) is 2. The van der Waals surface area contributed by atoms with Crippen LogP contribution >= 0.6 is 0 Å². The summed E-state index contributed by atoms with van der Waals surface area (Å²) >= 11 is 0. The lowest BCUT2D eigenvalue weighted by Crippen LogP contribution is -2.53. The van der Waals surface area contributed by atoms with E-state index in [4.69, 9.17) is 0 Å². The normalized spacial score (nSPS) is 20.4. The highest BCUT2D eigenvalue weighted by Crippen LogP contribution is 2.13. The lowest BCUT2D eigenvalue weighted by Gasteiger charge is -2.30. The zero-order valence-corrected chi connectivity index (χ0v) is 9.93. The van der Waals surface area contributed by atoms with Crippen LogP contribution in [0.4, 0.5) is 4.79 Å². The average molecular weight is 233 g/mol. The lowest BCUT2D eigenvalue weighted by atomic mass is 10.1. The molecule has 1 fully saturated rings. The first kappa shape index (κ1) is 11.6. The van der Waals surface area contributed by atoms with E-state index in [0.29, 0.717) is 13.1 Å². The first-order valence-corrected chi connectivity index (χ1v) is 5.57. The van der Waals surface area contributed by atoms with Crippen LogP contribution in [0.2, 0.25) is 0 Å². The fourth-order valence-corrected chi connectivity index (χ4v) is 1.81. The zero-order chi connectivity index (χ0) is 12.4. The number of hydrogen-bond donors (Lipinski definition) is 1. The second-order valence-corrected chi connectivity index (χ2v) is 4.38. The van der Waals surface area contributed by atoms with Gasteiger partial charge < -0.3 is 4.90 Å². The molecule has 1 unspecified atom stereocenters. The van der Waals surface area contributed by atoms with Crippen LogP contribution in [0.3, 0.4) is 0 Å². The summed E-state index contributed by atoms with van der Waals surface area (Å²) in [5, 5.41) is 2.35. The average Bonchev–Trinajstić information content (AvgIpc) is 2.29. The Morgan fingerprint density at radius 2 is 2.29 bits per heavy atom. The van der Waals surface area contributed by atoms with E-state index in [1.165, 1.54) is 0 Å². The first-order valence-electron chi connectivity index (χ1n) is 5.57. The molecule has 5 heteroatoms. The molecule has 3 amide bonds. The van der Waals surface area contributed by atoms with Crippen LogP contribution in [0.25, 0.3) is 0 Å². The first-order chi connectivity index (χ1) is 8.08. The summed E-state index contributed by atoms with van der Waals surface area (Å²) in [4.78, 5) is 28.6. The van der Waals surface area contributed by atoms with Gasteiger partial charge in [0.2, 0.25) is 5.91 Å². The number of urea groups is 1. The van der Waals surface area contributed by atoms with Crippen molar-refractivity contribution in [1.82, 2.24) is 15.2 Å². The summed E-state index contributed by atoms with van der Waals surface area (Å²) in [5.74, 6) is -0.362. The molecule has 0 aliphatic carbocycles. The molecule has 1 N–H and O–H groups in total. The maximum atomic E-state index is 11.6. The number of carbonyl (C=O) groups excluding carboxylic acids is 2. The zero-order valence-electron chi connectivity index (χ0n) is 9.93. The van der Waals surface area contributed by atoms with Crippen molar-refractivity contribution in [2.75, 3.05) is 6.54 Å². The second kappa shape index (κ2) is 4.53. The van der Waals surface area contributed by atoms with Crippen LogP contribution < -0.4 is 5.32 Å². The number of aromatic nitrogens is 1. The van der Waals surface area contributed by atoms with Crippen molar-refractivity contribution in [3.05, 3.63) is 29.6 Å². The monoisotopic (exact) mass is 233 g/mol. The number of nitrogens with one attached hydrogen (secondary N) is 1. The minimum absolute atomic E-state index is 0.162. The third kappa shape index (κ3) is 2.43. The van der Waals surface area contributed by atoms with Gasteiger partial charge in [0.25, 0.3) is 0 Å². The predicted molar refractivity (Wildman–Crippen MR) is 62.1 cm³/mol. The maximum Gasteiger partial charge on any atom is 0.324 e. The molecule has 1 saturated heterocycles. The molecule has 0 saturated carbocycles. The molecule has 0 radical (unpaired) electrons. The molecule has 1 atom stereocenters. The Morgan fingerprint density at radius 1 is 1.53 bits per heavy atom. The molecule has 0 bridgehead atoms. The molecule has 2 heterocycles. The fourth-order valence-electron chi connectivity index (χ4n) is 1.81. The van der Waals surface area contributed by atoms with E-state index in [0.717, 1.165) is 11.1 Å². The van der Waals surface area contributed by atoms with Gasteiger partial charge >= 0.3 is 6.03 Å². The molecular weight excluding hydrogens is 218 g/mol. The van der Waals surface area contributed by atoms with Gasteiger partial charge in [-0.1, -0.05) is 6.92 Å². The van der Waals surface area contributed by atoms with Crippen molar-refractivity contribution >= 4 is 11.9 Å². The van der Waals surface area contributed by atoms with E-state index < -0.39 is 0 Å². The number of aryl methyl sites for hydroxylation is 1. The number of amides is 3. The van der Waals surface area contributed by atoms with Gasteiger partial charge in [0, 0.05) is 25.5 Å². The predicted octanol–water partition coefficient (Wildman–Crippen LogP) is 1.08. The van der Waals surface area contributed by atoms with Gasteiger partial charge in [-0.2, -0.15) is 0 Å². The maximum absolute atomic E-state index is 11.6. The van der Waals surface area contributed by atoms with Crippen LogP contribution in [0, 0.1) is 12.8 Å². The number of hydrogen-bond acceptors (Lipinski definition) is 3. The van der Waals surface area contributed by atoms with Crippen molar-refractivity contribution in [2.45, 2.75) is 20.4 Å². The van der Waals surface area contributed by atoms with Gasteiger partial charge in [-0.3, -0.25) is 15.1 Å². The highest BCUT2D eigenvalue weighted by atomic mass is 16.2. The molecule has 90 valence electrons. The molecule has 0 spiro atoms. The van der Waals surface area contributed by atoms with E-state index in [-0.39, 0.29) is 17.9 Å². The quantitative estimate of drug-likeness (QED) is 0.831. The summed E-state index contributed by atoms with van der Waals surface area (Å²) < 4.78 is 0. The van der Waals surface area contributed by atoms with E-state index in [2.05, 4.69) is 10.3 Å². The van der Waals surface area contributed by atoms with E-state index in [9.17, 15) is 9.59 Å². The number of imide groups is 1. The van der Waals surface area contributed by atoms with Crippen molar-refractivity contribution < 1.29 is 9.59 Å². The Kier molecular flexibility index (Phi) is 3.08. The Bertz CT molecular complexity index is 459. The lowest BCUT2D eigenvalue weighted by molar-refractivity contribution is -0.125. The summed E-state index contributed by atoms with van der Waals surface area (Å²) in [7, 11) is 0. The van der Waals surface area contributed by atoms with E-state index >= 15 is 0 Å². The van der Waals surface area contributed by atoms with Gasteiger partial charge in [0.1, 0.15) is 0 Å². The third-order valence-corrected chi connectivity index (χ3v) is 2.97. The summed E-state index contributed by atoms with van der Waals surface area (Å²) in [6, 6.07) is 1.59. The van der Waals surface area contributed by atoms with Crippen LogP contribution in [-0.4, -0.2) is 28.4 Å². The van der Waals surface area contributed by atoms with Gasteiger partial charge in [-0.05, 0) is 24.1 Å². The Labute approximate surface area is 99.8 Å². The third-order valence-electron chi connectivity index (χ3n) is 2.97. The minimum atomic E-state index is -0.323. The van der Waals surface area contributed by atoms with Gasteiger partial charge in [-0.15, -0.1) is 0 Å². The van der Waals surface area contributed by atoms with Crippen LogP contribution in [0.1, 0.15) is 18.1 Å². The van der Waals surface area contributed by atoms with Crippen molar-refractivity contribution in [1.29, 1.82) is 0 Å². The molecular formula is C12H15N3O2. The second-order valence-electron chi connectivity index (χ2n) is 4.38. The Hall–Kier alpha value is -1.91. The van der Waals surface area contributed by atoms with Gasteiger partial charge in [-0.25, -0.2) is 4.79 Å². The Balaban J connectivity index is 2.11. The van der Waals surface area contributed by atoms with Crippen LogP contribution in [0.5, 0.6) is 0 Å². The topological polar surface area (TPSA) is 62.3 Å². The highest BCUT2D eigenvalue weighted by molar-refractivity contribution is 5.97. The number of pyridine rings is 1. The smallest absolute Gasteiger partial charge is 0.319 e. The molecule has 5 nitrogen and oxygen atoms in total. The molecule has 1 aliphatic rings.